The molecule has 3 heterocycles. The molecule has 21 heavy (non-hydrogen) atoms. The molecule has 6 heteroatoms. The van der Waals surface area contributed by atoms with E-state index in [1.807, 2.05) is 36.2 Å². The van der Waals surface area contributed by atoms with Crippen LogP contribution in [0.15, 0.2) is 31.0 Å². The van der Waals surface area contributed by atoms with Gasteiger partial charge in [0.05, 0.1) is 12.0 Å². The fraction of sp³-hybridized carbons (Fsp3) is 0.400. The van der Waals surface area contributed by atoms with Crippen LogP contribution in [0.5, 0.6) is 0 Å². The summed E-state index contributed by atoms with van der Waals surface area (Å²) >= 11 is 0. The molecule has 3 rings (SSSR count). The number of nitrogens with zero attached hydrogens (tertiary/aromatic N) is 5. The van der Waals surface area contributed by atoms with Crippen molar-refractivity contribution in [3.8, 4) is 0 Å². The van der Waals surface area contributed by atoms with Crippen molar-refractivity contribution in [2.45, 2.75) is 33.4 Å². The molecule has 0 saturated carbocycles. The molecule has 3 aromatic heterocycles. The molecule has 0 aromatic carbocycles. The monoisotopic (exact) mass is 284 g/mol. The van der Waals surface area contributed by atoms with Crippen LogP contribution in [-0.2, 0) is 6.54 Å². The maximum Gasteiger partial charge on any atom is 0.155 e. The average molecular weight is 284 g/mol. The number of rotatable bonds is 5. The lowest BCUT2D eigenvalue weighted by atomic mass is 10.1. The normalized spacial score (nSPS) is 12.9. The van der Waals surface area contributed by atoms with Crippen LogP contribution in [-0.4, -0.2) is 30.7 Å². The Kier molecular flexibility index (Phi) is 3.70. The van der Waals surface area contributed by atoms with Gasteiger partial charge in [-0.1, -0.05) is 0 Å². The van der Waals surface area contributed by atoms with E-state index in [1.165, 1.54) is 5.56 Å². The summed E-state index contributed by atoms with van der Waals surface area (Å²) in [6.07, 6.45) is 7.54. The molecule has 1 atom stereocenters. The van der Waals surface area contributed by atoms with E-state index in [0.29, 0.717) is 0 Å². The fourth-order valence-corrected chi connectivity index (χ4v) is 2.54. The summed E-state index contributed by atoms with van der Waals surface area (Å²) in [5, 5.41) is 8.01. The van der Waals surface area contributed by atoms with Gasteiger partial charge in [-0.25, -0.2) is 14.5 Å². The van der Waals surface area contributed by atoms with E-state index < -0.39 is 0 Å². The highest BCUT2D eigenvalue weighted by Gasteiger charge is 2.12. The van der Waals surface area contributed by atoms with Gasteiger partial charge in [0.25, 0.3) is 0 Å². The lowest BCUT2D eigenvalue weighted by molar-refractivity contribution is 0.525. The largest absolute Gasteiger partial charge is 0.336 e. The van der Waals surface area contributed by atoms with Crippen molar-refractivity contribution in [1.29, 1.82) is 0 Å². The van der Waals surface area contributed by atoms with Crippen LogP contribution in [0.25, 0.3) is 5.65 Å². The van der Waals surface area contributed by atoms with E-state index >= 15 is 0 Å². The van der Waals surface area contributed by atoms with Crippen LogP contribution >= 0.6 is 0 Å². The Morgan fingerprint density at radius 2 is 2.19 bits per heavy atom. The van der Waals surface area contributed by atoms with Gasteiger partial charge in [0.15, 0.2) is 5.65 Å². The maximum absolute atomic E-state index is 4.49. The summed E-state index contributed by atoms with van der Waals surface area (Å²) in [7, 11) is 0. The zero-order chi connectivity index (χ0) is 14.8. The Bertz CT molecular complexity index is 728. The Morgan fingerprint density at radius 1 is 1.33 bits per heavy atom. The maximum atomic E-state index is 4.49. The highest BCUT2D eigenvalue weighted by molar-refractivity contribution is 5.42. The van der Waals surface area contributed by atoms with Crippen molar-refractivity contribution in [3.05, 3.63) is 47.9 Å². The van der Waals surface area contributed by atoms with Crippen molar-refractivity contribution >= 4 is 5.65 Å². The van der Waals surface area contributed by atoms with E-state index in [1.54, 1.807) is 6.20 Å². The van der Waals surface area contributed by atoms with Crippen molar-refractivity contribution < 1.29 is 0 Å². The molecule has 0 saturated heterocycles. The van der Waals surface area contributed by atoms with Gasteiger partial charge in [0, 0.05) is 55.0 Å². The molecule has 0 aliphatic rings. The van der Waals surface area contributed by atoms with Gasteiger partial charge in [-0.15, -0.1) is 0 Å². The highest BCUT2D eigenvalue weighted by Crippen LogP contribution is 2.17. The molecule has 0 aliphatic carbocycles. The van der Waals surface area contributed by atoms with Gasteiger partial charge in [-0.3, -0.25) is 0 Å². The predicted molar refractivity (Wildman–Crippen MR) is 81.1 cm³/mol. The fourth-order valence-electron chi connectivity index (χ4n) is 2.54. The van der Waals surface area contributed by atoms with Crippen molar-refractivity contribution in [2.75, 3.05) is 6.54 Å². The second-order valence-corrected chi connectivity index (χ2v) is 5.33. The van der Waals surface area contributed by atoms with Crippen LogP contribution in [0.2, 0.25) is 0 Å². The third kappa shape index (κ3) is 2.80. The van der Waals surface area contributed by atoms with Crippen molar-refractivity contribution in [2.24, 2.45) is 0 Å². The number of aryl methyl sites for hydroxylation is 2. The molecular formula is C15H20N6. The highest BCUT2D eigenvalue weighted by atomic mass is 15.3. The van der Waals surface area contributed by atoms with Crippen LogP contribution < -0.4 is 5.32 Å². The van der Waals surface area contributed by atoms with Gasteiger partial charge in [-0.05, 0) is 20.8 Å². The van der Waals surface area contributed by atoms with Gasteiger partial charge < -0.3 is 9.88 Å². The number of hydrogen-bond acceptors (Lipinski definition) is 4. The van der Waals surface area contributed by atoms with Crippen LogP contribution in [0.1, 0.15) is 29.9 Å². The van der Waals surface area contributed by atoms with E-state index in [-0.39, 0.29) is 6.04 Å². The third-order valence-electron chi connectivity index (χ3n) is 3.73. The first-order valence-corrected chi connectivity index (χ1v) is 7.16. The summed E-state index contributed by atoms with van der Waals surface area (Å²) in [4.78, 5) is 8.53. The number of nitrogens with one attached hydrogen (secondary N) is 1. The number of fused-ring (bicyclic) bond motifs is 1. The van der Waals surface area contributed by atoms with E-state index in [2.05, 4.69) is 38.8 Å². The molecule has 1 unspecified atom stereocenters. The summed E-state index contributed by atoms with van der Waals surface area (Å²) in [5.41, 5.74) is 4.20. The zero-order valence-electron chi connectivity index (χ0n) is 12.6. The standard InChI is InChI=1S/C15H20N6/c1-11-8-15-18-9-14(13(3)21(15)19-11)12(2)17-5-7-20-6-4-16-10-20/h4,6,8-10,12,17H,5,7H2,1-3H3. The molecule has 0 amide bonds. The van der Waals surface area contributed by atoms with Crippen LogP contribution in [0.4, 0.5) is 0 Å². The minimum atomic E-state index is 0.231. The van der Waals surface area contributed by atoms with Gasteiger partial charge >= 0.3 is 0 Å². The van der Waals surface area contributed by atoms with Crippen molar-refractivity contribution in [1.82, 2.24) is 29.5 Å². The summed E-state index contributed by atoms with van der Waals surface area (Å²) in [6, 6.07) is 2.23. The molecule has 0 fully saturated rings. The van der Waals surface area contributed by atoms with E-state index in [4.69, 9.17) is 0 Å². The molecule has 0 bridgehead atoms. The average Bonchev–Trinajstić information content (AvgIpc) is 3.08. The molecule has 6 nitrogen and oxygen atoms in total. The lowest BCUT2D eigenvalue weighted by Crippen LogP contribution is -2.24. The Morgan fingerprint density at radius 3 is 2.95 bits per heavy atom. The number of aromatic nitrogens is 5. The molecule has 110 valence electrons. The van der Waals surface area contributed by atoms with Gasteiger partial charge in [0.1, 0.15) is 0 Å². The zero-order valence-corrected chi connectivity index (χ0v) is 12.6. The second kappa shape index (κ2) is 5.65. The first kappa shape index (κ1) is 13.8. The smallest absolute Gasteiger partial charge is 0.155 e. The first-order chi connectivity index (χ1) is 10.1. The van der Waals surface area contributed by atoms with Crippen molar-refractivity contribution in [3.63, 3.8) is 0 Å². The predicted octanol–water partition coefficient (Wildman–Crippen LogP) is 1.89. The summed E-state index contributed by atoms with van der Waals surface area (Å²) in [5.74, 6) is 0. The van der Waals surface area contributed by atoms with Gasteiger partial charge in [-0.2, -0.15) is 5.10 Å². The summed E-state index contributed by atoms with van der Waals surface area (Å²) < 4.78 is 3.98. The molecule has 0 aliphatic heterocycles. The SMILES string of the molecule is Cc1cc2ncc(C(C)NCCn3ccnc3)c(C)n2n1. The molecule has 0 spiro atoms. The number of imidazole rings is 1. The second-order valence-electron chi connectivity index (χ2n) is 5.33. The summed E-state index contributed by atoms with van der Waals surface area (Å²) in [6.45, 7) is 8.01. The first-order valence-electron chi connectivity index (χ1n) is 7.16. The Hall–Kier alpha value is -2.21. The van der Waals surface area contributed by atoms with E-state index in [0.717, 1.165) is 30.1 Å². The minimum absolute atomic E-state index is 0.231. The molecular weight excluding hydrogens is 264 g/mol. The quantitative estimate of drug-likeness (QED) is 0.777. The number of hydrogen-bond donors (Lipinski definition) is 1. The van der Waals surface area contributed by atoms with Crippen LogP contribution in [0, 0.1) is 13.8 Å². The molecule has 3 aromatic rings. The third-order valence-corrected chi connectivity index (χ3v) is 3.73. The molecule has 0 radical (unpaired) electrons. The minimum Gasteiger partial charge on any atom is -0.336 e. The van der Waals surface area contributed by atoms with Gasteiger partial charge in [0.2, 0.25) is 0 Å². The topological polar surface area (TPSA) is 60.0 Å². The Balaban J connectivity index is 1.71. The van der Waals surface area contributed by atoms with Crippen LogP contribution in [0.3, 0.4) is 0 Å². The lowest BCUT2D eigenvalue weighted by Gasteiger charge is -2.16. The molecule has 1 N–H and O–H groups in total. The van der Waals surface area contributed by atoms with E-state index in [9.17, 15) is 0 Å². The Labute approximate surface area is 123 Å².